The number of nitrogens with zero attached hydrogens (tertiary/aromatic N) is 1. The average molecular weight is 335 g/mol. The molecule has 1 saturated carbocycles. The second-order valence-electron chi connectivity index (χ2n) is 6.04. The summed E-state index contributed by atoms with van der Waals surface area (Å²) in [5, 5.41) is 3.76. The fraction of sp³-hybridized carbons (Fsp3) is 0.438. The third-order valence-corrected chi connectivity index (χ3v) is 5.07. The standard InChI is InChI=1S/C16H21N3O3S/c1-3-8-19(23(2,21)22)13-6-7-14-11(9-13)10-15(18-14)16(20)17-12-4-5-12/h6-7,9-10,12,18H,3-5,8H2,1-2H3,(H,17,20). The molecular weight excluding hydrogens is 314 g/mol. The van der Waals surface area contributed by atoms with Gasteiger partial charge in [-0.3, -0.25) is 9.10 Å². The lowest BCUT2D eigenvalue weighted by molar-refractivity contribution is 0.0947. The Labute approximate surface area is 135 Å². The van der Waals surface area contributed by atoms with Crippen LogP contribution in [0.3, 0.4) is 0 Å². The van der Waals surface area contributed by atoms with E-state index in [0.717, 1.165) is 30.2 Å². The van der Waals surface area contributed by atoms with E-state index in [2.05, 4.69) is 10.3 Å². The van der Waals surface area contributed by atoms with Crippen molar-refractivity contribution in [1.82, 2.24) is 10.3 Å². The van der Waals surface area contributed by atoms with E-state index in [-0.39, 0.29) is 5.91 Å². The van der Waals surface area contributed by atoms with Crippen LogP contribution in [-0.2, 0) is 10.0 Å². The van der Waals surface area contributed by atoms with E-state index in [4.69, 9.17) is 0 Å². The molecule has 6 nitrogen and oxygen atoms in total. The number of carbonyl (C=O) groups excluding carboxylic acids is 1. The van der Waals surface area contributed by atoms with Crippen molar-refractivity contribution < 1.29 is 13.2 Å². The molecule has 1 heterocycles. The molecule has 1 aromatic carbocycles. The van der Waals surface area contributed by atoms with E-state index in [0.29, 0.717) is 24.0 Å². The fourth-order valence-electron chi connectivity index (χ4n) is 2.58. The van der Waals surface area contributed by atoms with Crippen molar-refractivity contribution in [1.29, 1.82) is 0 Å². The minimum Gasteiger partial charge on any atom is -0.351 e. The van der Waals surface area contributed by atoms with Crippen molar-refractivity contribution in [2.75, 3.05) is 17.1 Å². The highest BCUT2D eigenvalue weighted by atomic mass is 32.2. The van der Waals surface area contributed by atoms with Gasteiger partial charge >= 0.3 is 0 Å². The Morgan fingerprint density at radius 2 is 2.09 bits per heavy atom. The third kappa shape index (κ3) is 3.50. The number of amides is 1. The lowest BCUT2D eigenvalue weighted by atomic mass is 10.2. The molecule has 0 aliphatic heterocycles. The lowest BCUT2D eigenvalue weighted by Gasteiger charge is -2.21. The van der Waals surface area contributed by atoms with Crippen LogP contribution in [0.5, 0.6) is 0 Å². The van der Waals surface area contributed by atoms with Crippen molar-refractivity contribution in [3.05, 3.63) is 30.0 Å². The van der Waals surface area contributed by atoms with Gasteiger partial charge in [0.2, 0.25) is 10.0 Å². The minimum absolute atomic E-state index is 0.112. The van der Waals surface area contributed by atoms with Crippen molar-refractivity contribution in [3.63, 3.8) is 0 Å². The minimum atomic E-state index is -3.32. The largest absolute Gasteiger partial charge is 0.351 e. The van der Waals surface area contributed by atoms with Crippen LogP contribution in [0, 0.1) is 0 Å². The molecule has 1 fully saturated rings. The predicted molar refractivity (Wildman–Crippen MR) is 91.3 cm³/mol. The summed E-state index contributed by atoms with van der Waals surface area (Å²) in [5.74, 6) is -0.112. The molecule has 0 saturated heterocycles. The monoisotopic (exact) mass is 335 g/mol. The van der Waals surface area contributed by atoms with Gasteiger partial charge in [0.25, 0.3) is 5.91 Å². The number of hydrogen-bond donors (Lipinski definition) is 2. The Morgan fingerprint density at radius 3 is 2.70 bits per heavy atom. The molecule has 1 amide bonds. The number of aromatic amines is 1. The summed E-state index contributed by atoms with van der Waals surface area (Å²) in [6, 6.07) is 7.44. The maximum atomic E-state index is 12.1. The molecule has 2 aromatic rings. The van der Waals surface area contributed by atoms with Gasteiger partial charge in [-0.15, -0.1) is 0 Å². The molecule has 23 heavy (non-hydrogen) atoms. The Balaban J connectivity index is 1.92. The Morgan fingerprint density at radius 1 is 1.35 bits per heavy atom. The molecule has 1 aliphatic rings. The van der Waals surface area contributed by atoms with Crippen LogP contribution in [-0.4, -0.2) is 38.2 Å². The van der Waals surface area contributed by atoms with Gasteiger partial charge in [-0.2, -0.15) is 0 Å². The third-order valence-electron chi connectivity index (χ3n) is 3.88. The highest BCUT2D eigenvalue weighted by Gasteiger charge is 2.24. The van der Waals surface area contributed by atoms with Crippen LogP contribution in [0.15, 0.2) is 24.3 Å². The molecule has 0 radical (unpaired) electrons. The molecule has 1 aromatic heterocycles. The highest BCUT2D eigenvalue weighted by molar-refractivity contribution is 7.92. The van der Waals surface area contributed by atoms with Crippen molar-refractivity contribution in [2.45, 2.75) is 32.2 Å². The normalized spacial score (nSPS) is 14.9. The van der Waals surface area contributed by atoms with Crippen LogP contribution in [0.25, 0.3) is 10.9 Å². The number of H-pyrrole nitrogens is 1. The zero-order valence-corrected chi connectivity index (χ0v) is 14.1. The zero-order valence-electron chi connectivity index (χ0n) is 13.3. The SMILES string of the molecule is CCCN(c1ccc2[nH]c(C(=O)NC3CC3)cc2c1)S(C)(=O)=O. The second-order valence-corrected chi connectivity index (χ2v) is 7.94. The van der Waals surface area contributed by atoms with Gasteiger partial charge in [0, 0.05) is 23.5 Å². The van der Waals surface area contributed by atoms with Gasteiger partial charge < -0.3 is 10.3 Å². The van der Waals surface area contributed by atoms with Crippen LogP contribution < -0.4 is 9.62 Å². The number of nitrogens with one attached hydrogen (secondary N) is 2. The molecule has 3 rings (SSSR count). The molecule has 0 spiro atoms. The second kappa shape index (κ2) is 5.88. The van der Waals surface area contributed by atoms with Crippen LogP contribution in [0.2, 0.25) is 0 Å². The topological polar surface area (TPSA) is 82.3 Å². The maximum absolute atomic E-state index is 12.1. The average Bonchev–Trinajstić information content (AvgIpc) is 3.18. The molecule has 1 aliphatic carbocycles. The van der Waals surface area contributed by atoms with E-state index in [1.165, 1.54) is 10.6 Å². The zero-order chi connectivity index (χ0) is 16.6. The quantitative estimate of drug-likeness (QED) is 0.849. The van der Waals surface area contributed by atoms with E-state index in [1.807, 2.05) is 13.0 Å². The van der Waals surface area contributed by atoms with Crippen molar-refractivity contribution in [2.24, 2.45) is 0 Å². The first-order chi connectivity index (χ1) is 10.9. The van der Waals surface area contributed by atoms with Crippen molar-refractivity contribution in [3.8, 4) is 0 Å². The first-order valence-electron chi connectivity index (χ1n) is 7.80. The fourth-order valence-corrected chi connectivity index (χ4v) is 3.59. The number of rotatable bonds is 6. The summed E-state index contributed by atoms with van der Waals surface area (Å²) in [5.41, 5.74) is 1.94. The predicted octanol–water partition coefficient (Wildman–Crippen LogP) is 2.24. The summed E-state index contributed by atoms with van der Waals surface area (Å²) in [6.45, 7) is 2.37. The number of aromatic nitrogens is 1. The molecular formula is C16H21N3O3S. The smallest absolute Gasteiger partial charge is 0.267 e. The number of carbonyl (C=O) groups is 1. The van der Waals surface area contributed by atoms with E-state index in [9.17, 15) is 13.2 Å². The number of anilines is 1. The molecule has 124 valence electrons. The van der Waals surface area contributed by atoms with Crippen molar-refractivity contribution >= 4 is 32.5 Å². The number of fused-ring (bicyclic) bond motifs is 1. The number of benzene rings is 1. The first-order valence-corrected chi connectivity index (χ1v) is 9.64. The van der Waals surface area contributed by atoms with E-state index < -0.39 is 10.0 Å². The molecule has 7 heteroatoms. The summed E-state index contributed by atoms with van der Waals surface area (Å²) < 4.78 is 25.3. The Bertz CT molecular complexity index is 837. The Hall–Kier alpha value is -2.02. The van der Waals surface area contributed by atoms with Gasteiger partial charge in [0.1, 0.15) is 5.69 Å². The van der Waals surface area contributed by atoms with E-state index in [1.54, 1.807) is 18.2 Å². The van der Waals surface area contributed by atoms with Crippen LogP contribution in [0.4, 0.5) is 5.69 Å². The molecule has 0 bridgehead atoms. The maximum Gasteiger partial charge on any atom is 0.267 e. The number of hydrogen-bond acceptors (Lipinski definition) is 3. The van der Waals surface area contributed by atoms with Crippen LogP contribution >= 0.6 is 0 Å². The van der Waals surface area contributed by atoms with Gasteiger partial charge in [-0.1, -0.05) is 6.92 Å². The summed E-state index contributed by atoms with van der Waals surface area (Å²) in [6.07, 6.45) is 4.01. The van der Waals surface area contributed by atoms with Crippen LogP contribution in [0.1, 0.15) is 36.7 Å². The Kier molecular flexibility index (Phi) is 4.06. The summed E-state index contributed by atoms with van der Waals surface area (Å²) in [4.78, 5) is 15.2. The molecule has 2 N–H and O–H groups in total. The van der Waals surface area contributed by atoms with Gasteiger partial charge in [0.15, 0.2) is 0 Å². The van der Waals surface area contributed by atoms with Gasteiger partial charge in [-0.25, -0.2) is 8.42 Å². The highest BCUT2D eigenvalue weighted by Crippen LogP contribution is 2.25. The van der Waals surface area contributed by atoms with Gasteiger partial charge in [0.05, 0.1) is 11.9 Å². The summed E-state index contributed by atoms with van der Waals surface area (Å²) in [7, 11) is -3.32. The molecule has 0 unspecified atom stereocenters. The van der Waals surface area contributed by atoms with Gasteiger partial charge in [-0.05, 0) is 43.5 Å². The number of sulfonamides is 1. The summed E-state index contributed by atoms with van der Waals surface area (Å²) >= 11 is 0. The lowest BCUT2D eigenvalue weighted by Crippen LogP contribution is -2.30. The molecule has 0 atom stereocenters. The van der Waals surface area contributed by atoms with E-state index >= 15 is 0 Å². The first kappa shape index (κ1) is 15.9.